The molecule has 0 bridgehead atoms. The summed E-state index contributed by atoms with van der Waals surface area (Å²) in [6.07, 6.45) is 4.74. The van der Waals surface area contributed by atoms with Crippen molar-refractivity contribution in [3.05, 3.63) is 41.1 Å². The Morgan fingerprint density at radius 2 is 1.92 bits per heavy atom. The first-order chi connectivity index (χ1) is 12.4. The first kappa shape index (κ1) is 17.2. The lowest BCUT2D eigenvalue weighted by atomic mass is 10.2. The SMILES string of the molecule is CN(C1CC1)S(=O)(=O)c1ccc(C(=O)Nc2c3c(nn2C)CCC3)cc1. The van der Waals surface area contributed by atoms with Gasteiger partial charge in [0.15, 0.2) is 0 Å². The third-order valence-corrected chi connectivity index (χ3v) is 7.08. The minimum Gasteiger partial charge on any atom is -0.307 e. The van der Waals surface area contributed by atoms with Crippen molar-refractivity contribution >= 4 is 21.7 Å². The molecule has 1 aromatic heterocycles. The molecule has 0 radical (unpaired) electrons. The predicted molar refractivity (Wildman–Crippen MR) is 97.6 cm³/mol. The molecule has 2 aliphatic rings. The van der Waals surface area contributed by atoms with Gasteiger partial charge in [-0.3, -0.25) is 9.48 Å². The Hall–Kier alpha value is -2.19. The lowest BCUT2D eigenvalue weighted by molar-refractivity contribution is 0.102. The van der Waals surface area contributed by atoms with E-state index in [1.807, 2.05) is 7.05 Å². The maximum absolute atomic E-state index is 12.6. The second-order valence-electron chi connectivity index (χ2n) is 6.98. The Labute approximate surface area is 153 Å². The second kappa shape index (κ2) is 6.21. The number of fused-ring (bicyclic) bond motifs is 1. The summed E-state index contributed by atoms with van der Waals surface area (Å²) in [6.45, 7) is 0. The molecular formula is C18H22N4O3S. The fourth-order valence-corrected chi connectivity index (χ4v) is 4.85. The molecule has 1 heterocycles. The summed E-state index contributed by atoms with van der Waals surface area (Å²) in [6, 6.07) is 6.21. The second-order valence-corrected chi connectivity index (χ2v) is 8.98. The molecule has 4 rings (SSSR count). The van der Waals surface area contributed by atoms with Crippen LogP contribution in [0.1, 0.15) is 40.9 Å². The first-order valence-electron chi connectivity index (χ1n) is 8.82. The van der Waals surface area contributed by atoms with Gasteiger partial charge in [-0.05, 0) is 56.4 Å². The summed E-state index contributed by atoms with van der Waals surface area (Å²) in [4.78, 5) is 12.8. The largest absolute Gasteiger partial charge is 0.307 e. The maximum Gasteiger partial charge on any atom is 0.256 e. The third-order valence-electron chi connectivity index (χ3n) is 5.16. The van der Waals surface area contributed by atoms with Crippen LogP contribution in [0.5, 0.6) is 0 Å². The number of amides is 1. The Kier molecular flexibility index (Phi) is 4.11. The van der Waals surface area contributed by atoms with E-state index in [0.717, 1.165) is 49.2 Å². The average molecular weight is 374 g/mol. The number of hydrogen-bond donors (Lipinski definition) is 1. The van der Waals surface area contributed by atoms with Crippen LogP contribution in [0.4, 0.5) is 5.82 Å². The molecule has 1 aromatic carbocycles. The molecule has 26 heavy (non-hydrogen) atoms. The fraction of sp³-hybridized carbons (Fsp3) is 0.444. The van der Waals surface area contributed by atoms with Gasteiger partial charge in [-0.25, -0.2) is 8.42 Å². The van der Waals surface area contributed by atoms with E-state index in [1.54, 1.807) is 23.9 Å². The predicted octanol–water partition coefficient (Wildman–Crippen LogP) is 1.94. The number of carbonyl (C=O) groups excluding carboxylic acids is 1. The highest BCUT2D eigenvalue weighted by atomic mass is 32.2. The number of nitrogens with one attached hydrogen (secondary N) is 1. The van der Waals surface area contributed by atoms with Crippen molar-refractivity contribution < 1.29 is 13.2 Å². The lowest BCUT2D eigenvalue weighted by Gasteiger charge is -2.16. The summed E-state index contributed by atoms with van der Waals surface area (Å²) in [5.74, 6) is 0.467. The van der Waals surface area contributed by atoms with E-state index in [-0.39, 0.29) is 16.8 Å². The van der Waals surface area contributed by atoms with Gasteiger partial charge in [0, 0.05) is 31.3 Å². The van der Waals surface area contributed by atoms with Crippen LogP contribution in [-0.4, -0.2) is 41.5 Å². The lowest BCUT2D eigenvalue weighted by Crippen LogP contribution is -2.29. The van der Waals surface area contributed by atoms with Crippen molar-refractivity contribution in [3.63, 3.8) is 0 Å². The Morgan fingerprint density at radius 1 is 1.23 bits per heavy atom. The van der Waals surface area contributed by atoms with Crippen LogP contribution >= 0.6 is 0 Å². The summed E-state index contributed by atoms with van der Waals surface area (Å²) >= 11 is 0. The molecule has 0 atom stereocenters. The minimum absolute atomic E-state index is 0.106. The van der Waals surface area contributed by atoms with Crippen LogP contribution in [0, 0.1) is 0 Å². The number of aryl methyl sites for hydroxylation is 2. The maximum atomic E-state index is 12.6. The van der Waals surface area contributed by atoms with Gasteiger partial charge in [-0.2, -0.15) is 9.40 Å². The molecular weight excluding hydrogens is 352 g/mol. The van der Waals surface area contributed by atoms with Crippen LogP contribution in [-0.2, 0) is 29.9 Å². The van der Waals surface area contributed by atoms with Gasteiger partial charge in [0.2, 0.25) is 10.0 Å². The zero-order valence-corrected chi connectivity index (χ0v) is 15.7. The molecule has 0 spiro atoms. The molecule has 138 valence electrons. The number of hydrogen-bond acceptors (Lipinski definition) is 4. The van der Waals surface area contributed by atoms with Crippen molar-refractivity contribution in [1.82, 2.24) is 14.1 Å². The Bertz CT molecular complexity index is 959. The van der Waals surface area contributed by atoms with E-state index in [2.05, 4.69) is 10.4 Å². The number of sulfonamides is 1. The van der Waals surface area contributed by atoms with Crippen molar-refractivity contribution in [1.29, 1.82) is 0 Å². The Balaban J connectivity index is 1.53. The van der Waals surface area contributed by atoms with Gasteiger partial charge in [-0.15, -0.1) is 0 Å². The summed E-state index contributed by atoms with van der Waals surface area (Å²) < 4.78 is 28.2. The van der Waals surface area contributed by atoms with Crippen LogP contribution < -0.4 is 5.32 Å². The van der Waals surface area contributed by atoms with Crippen LogP contribution in [0.2, 0.25) is 0 Å². The molecule has 1 amide bonds. The monoisotopic (exact) mass is 374 g/mol. The molecule has 0 aliphatic heterocycles. The first-order valence-corrected chi connectivity index (χ1v) is 10.3. The molecule has 1 N–H and O–H groups in total. The topological polar surface area (TPSA) is 84.3 Å². The molecule has 2 aromatic rings. The molecule has 0 unspecified atom stereocenters. The van der Waals surface area contributed by atoms with E-state index in [0.29, 0.717) is 5.56 Å². The van der Waals surface area contributed by atoms with E-state index in [4.69, 9.17) is 0 Å². The van der Waals surface area contributed by atoms with E-state index >= 15 is 0 Å². The van der Waals surface area contributed by atoms with Crippen molar-refractivity contribution in [2.75, 3.05) is 12.4 Å². The van der Waals surface area contributed by atoms with Crippen molar-refractivity contribution in [2.24, 2.45) is 7.05 Å². The zero-order chi connectivity index (χ0) is 18.5. The quantitative estimate of drug-likeness (QED) is 0.867. The van der Waals surface area contributed by atoms with Crippen LogP contribution in [0.3, 0.4) is 0 Å². The number of benzene rings is 1. The van der Waals surface area contributed by atoms with Gasteiger partial charge in [0.25, 0.3) is 5.91 Å². The molecule has 2 aliphatic carbocycles. The zero-order valence-electron chi connectivity index (χ0n) is 14.9. The number of nitrogens with zero attached hydrogens (tertiary/aromatic N) is 3. The van der Waals surface area contributed by atoms with Crippen LogP contribution in [0.25, 0.3) is 0 Å². The average Bonchev–Trinajstić information content (AvgIpc) is 3.31. The van der Waals surface area contributed by atoms with Crippen molar-refractivity contribution in [2.45, 2.75) is 43.0 Å². The molecule has 7 nitrogen and oxygen atoms in total. The van der Waals surface area contributed by atoms with Gasteiger partial charge in [0.1, 0.15) is 5.82 Å². The number of anilines is 1. The highest BCUT2D eigenvalue weighted by Gasteiger charge is 2.35. The summed E-state index contributed by atoms with van der Waals surface area (Å²) in [7, 11) is -0.0708. The van der Waals surface area contributed by atoms with Gasteiger partial charge in [0.05, 0.1) is 10.6 Å². The molecule has 1 fully saturated rings. The Morgan fingerprint density at radius 3 is 2.58 bits per heavy atom. The molecule has 8 heteroatoms. The highest BCUT2D eigenvalue weighted by Crippen LogP contribution is 2.31. The summed E-state index contributed by atoms with van der Waals surface area (Å²) in [5, 5.41) is 7.36. The fourth-order valence-electron chi connectivity index (χ4n) is 3.43. The van der Waals surface area contributed by atoms with E-state index in [9.17, 15) is 13.2 Å². The number of aromatic nitrogens is 2. The van der Waals surface area contributed by atoms with Gasteiger partial charge in [-0.1, -0.05) is 0 Å². The normalized spacial score (nSPS) is 16.7. The number of rotatable bonds is 5. The van der Waals surface area contributed by atoms with E-state index in [1.165, 1.54) is 16.4 Å². The minimum atomic E-state index is -3.50. The van der Waals surface area contributed by atoms with E-state index < -0.39 is 10.0 Å². The van der Waals surface area contributed by atoms with Crippen LogP contribution in [0.15, 0.2) is 29.2 Å². The number of carbonyl (C=O) groups is 1. The smallest absolute Gasteiger partial charge is 0.256 e. The molecule has 0 saturated heterocycles. The third kappa shape index (κ3) is 2.93. The van der Waals surface area contributed by atoms with Gasteiger partial charge < -0.3 is 5.32 Å². The summed E-state index contributed by atoms with van der Waals surface area (Å²) in [5.41, 5.74) is 2.57. The highest BCUT2D eigenvalue weighted by molar-refractivity contribution is 7.89. The molecule has 1 saturated carbocycles. The standard InChI is InChI=1S/C18H22N4O3S/c1-21-17(15-4-3-5-16(15)20-21)19-18(23)12-6-10-14(11-7-12)26(24,25)22(2)13-8-9-13/h6-7,10-11,13H,3-5,8-9H2,1-2H3,(H,19,23). The van der Waals surface area contributed by atoms with Crippen molar-refractivity contribution in [3.8, 4) is 0 Å². The van der Waals surface area contributed by atoms with Gasteiger partial charge >= 0.3 is 0 Å².